The topological polar surface area (TPSA) is 64.3 Å². The van der Waals surface area contributed by atoms with Gasteiger partial charge in [-0.3, -0.25) is 0 Å². The minimum Gasteiger partial charge on any atom is -0.330 e. The second kappa shape index (κ2) is 7.65. The molecule has 0 aromatic carbocycles. The summed E-state index contributed by atoms with van der Waals surface area (Å²) in [4.78, 5) is 14.9. The van der Waals surface area contributed by atoms with Gasteiger partial charge in [0.2, 0.25) is 0 Å². The quantitative estimate of drug-likeness (QED) is 0.308. The van der Waals surface area contributed by atoms with E-state index in [-0.39, 0.29) is 6.04 Å². The van der Waals surface area contributed by atoms with Crippen LogP contribution in [0.5, 0.6) is 0 Å². The van der Waals surface area contributed by atoms with Crippen LogP contribution in [0.25, 0.3) is 0 Å². The highest BCUT2D eigenvalue weighted by Gasteiger charge is 2.03. The molecular weight excluding hydrogens is 144 g/mol. The molecule has 1 atom stereocenters. The maximum atomic E-state index is 10.3. The Bertz CT molecular complexity index is 98.4. The first-order chi connectivity index (χ1) is 5.35. The highest BCUT2D eigenvalue weighted by molar-refractivity contribution is 5.56. The van der Waals surface area contributed by atoms with Gasteiger partial charge in [0.15, 0.2) is 0 Å². The van der Waals surface area contributed by atoms with E-state index in [9.17, 15) is 4.79 Å². The Morgan fingerprint density at radius 1 is 1.64 bits per heavy atom. The van der Waals surface area contributed by atoms with Crippen molar-refractivity contribution in [1.82, 2.24) is 5.48 Å². The highest BCUT2D eigenvalue weighted by Crippen LogP contribution is 1.97. The molecule has 0 aliphatic heterocycles. The molecule has 11 heavy (non-hydrogen) atoms. The minimum atomic E-state index is -0.188. The van der Waals surface area contributed by atoms with E-state index in [0.717, 1.165) is 25.5 Å². The molecule has 0 aliphatic rings. The number of carbonyl (C=O) groups is 1. The lowest BCUT2D eigenvalue weighted by Crippen LogP contribution is -2.29. The van der Waals surface area contributed by atoms with E-state index < -0.39 is 0 Å². The molecule has 0 aromatic rings. The lowest BCUT2D eigenvalue weighted by Gasteiger charge is -2.08. The van der Waals surface area contributed by atoms with Gasteiger partial charge >= 0.3 is 0 Å². The summed E-state index contributed by atoms with van der Waals surface area (Å²) < 4.78 is 0. The highest BCUT2D eigenvalue weighted by atomic mass is 16.6. The van der Waals surface area contributed by atoms with Gasteiger partial charge in [-0.25, -0.2) is 0 Å². The van der Waals surface area contributed by atoms with Gasteiger partial charge in [-0.15, -0.1) is 0 Å². The summed E-state index contributed by atoms with van der Waals surface area (Å²) in [5.74, 6) is 0. The number of aldehydes is 1. The summed E-state index contributed by atoms with van der Waals surface area (Å²) in [6.45, 7) is 0.679. The third-order valence-electron chi connectivity index (χ3n) is 1.40. The molecule has 66 valence electrons. The van der Waals surface area contributed by atoms with Crippen molar-refractivity contribution in [2.45, 2.75) is 25.3 Å². The van der Waals surface area contributed by atoms with Crippen LogP contribution < -0.4 is 11.2 Å². The van der Waals surface area contributed by atoms with Crippen molar-refractivity contribution in [3.63, 3.8) is 0 Å². The molecular formula is C7H16N2O2. The van der Waals surface area contributed by atoms with Crippen molar-refractivity contribution in [3.8, 4) is 0 Å². The number of nitrogens with two attached hydrogens (primary N) is 1. The van der Waals surface area contributed by atoms with E-state index in [0.29, 0.717) is 6.54 Å². The zero-order valence-corrected chi connectivity index (χ0v) is 6.88. The summed E-state index contributed by atoms with van der Waals surface area (Å²) in [5.41, 5.74) is 7.87. The maximum absolute atomic E-state index is 10.3. The largest absolute Gasteiger partial charge is 0.330 e. The molecule has 0 amide bonds. The number of carbonyl (C=O) groups excluding carboxylic acids is 1. The Morgan fingerprint density at radius 3 is 2.82 bits per heavy atom. The maximum Gasteiger partial charge on any atom is 0.139 e. The molecule has 0 radical (unpaired) electrons. The van der Waals surface area contributed by atoms with Crippen LogP contribution >= 0.6 is 0 Å². The average Bonchev–Trinajstić information content (AvgIpc) is 2.03. The van der Waals surface area contributed by atoms with E-state index in [1.807, 2.05) is 0 Å². The Balaban J connectivity index is 3.28. The summed E-state index contributed by atoms with van der Waals surface area (Å²) in [6.07, 6.45) is 3.54. The van der Waals surface area contributed by atoms with Crippen LogP contribution in [0.2, 0.25) is 0 Å². The second-order valence-electron chi connectivity index (χ2n) is 2.35. The predicted octanol–water partition coefficient (Wildman–Crippen LogP) is -0.166. The number of hydrogen-bond donors (Lipinski definition) is 2. The van der Waals surface area contributed by atoms with Gasteiger partial charge in [0.1, 0.15) is 6.29 Å². The summed E-state index contributed by atoms with van der Waals surface area (Å²) in [7, 11) is 1.50. The fraction of sp³-hybridized carbons (Fsp3) is 0.857. The zero-order valence-electron chi connectivity index (χ0n) is 6.88. The first-order valence-corrected chi connectivity index (χ1v) is 3.79. The summed E-state index contributed by atoms with van der Waals surface area (Å²) >= 11 is 0. The van der Waals surface area contributed by atoms with Crippen LogP contribution in [0.3, 0.4) is 0 Å². The van der Waals surface area contributed by atoms with Crippen LogP contribution in [0.15, 0.2) is 0 Å². The Morgan fingerprint density at radius 2 is 2.36 bits per heavy atom. The lowest BCUT2D eigenvalue weighted by atomic mass is 10.1. The Labute approximate surface area is 67.0 Å². The second-order valence-corrected chi connectivity index (χ2v) is 2.35. The van der Waals surface area contributed by atoms with E-state index >= 15 is 0 Å². The Kier molecular flexibility index (Phi) is 7.34. The van der Waals surface area contributed by atoms with Crippen LogP contribution in [0.1, 0.15) is 19.3 Å². The molecule has 0 aliphatic carbocycles. The van der Waals surface area contributed by atoms with Gasteiger partial charge in [-0.05, 0) is 19.4 Å². The van der Waals surface area contributed by atoms with Crippen molar-refractivity contribution in [2.75, 3.05) is 13.7 Å². The van der Waals surface area contributed by atoms with Gasteiger partial charge < -0.3 is 15.4 Å². The molecule has 0 aromatic heterocycles. The van der Waals surface area contributed by atoms with Gasteiger partial charge in [0.05, 0.1) is 13.2 Å². The van der Waals surface area contributed by atoms with Crippen LogP contribution in [0, 0.1) is 0 Å². The van der Waals surface area contributed by atoms with Crippen LogP contribution in [0.4, 0.5) is 0 Å². The number of unbranched alkanes of at least 4 members (excludes halogenated alkanes) is 1. The predicted molar refractivity (Wildman–Crippen MR) is 42.9 cm³/mol. The van der Waals surface area contributed by atoms with Crippen molar-refractivity contribution in [3.05, 3.63) is 0 Å². The number of rotatable bonds is 7. The third kappa shape index (κ3) is 5.97. The molecule has 0 saturated carbocycles. The molecule has 0 saturated heterocycles. The summed E-state index contributed by atoms with van der Waals surface area (Å²) in [6, 6.07) is -0.188. The molecule has 4 heteroatoms. The van der Waals surface area contributed by atoms with E-state index in [1.54, 1.807) is 0 Å². The van der Waals surface area contributed by atoms with Gasteiger partial charge in [0.25, 0.3) is 0 Å². The first kappa shape index (κ1) is 10.6. The van der Waals surface area contributed by atoms with E-state index in [1.165, 1.54) is 7.11 Å². The minimum absolute atomic E-state index is 0.188. The van der Waals surface area contributed by atoms with Crippen molar-refractivity contribution in [1.29, 1.82) is 0 Å². The van der Waals surface area contributed by atoms with Gasteiger partial charge in [-0.1, -0.05) is 6.42 Å². The molecule has 4 nitrogen and oxygen atoms in total. The standard InChI is InChI=1S/C7H16N2O2/c1-11-9-7(6-10)4-2-3-5-8/h6-7,9H,2-5,8H2,1H3. The summed E-state index contributed by atoms with van der Waals surface area (Å²) in [5, 5.41) is 0. The molecule has 3 N–H and O–H groups in total. The first-order valence-electron chi connectivity index (χ1n) is 3.79. The molecule has 0 fully saturated rings. The molecule has 0 bridgehead atoms. The molecule has 1 unspecified atom stereocenters. The smallest absolute Gasteiger partial charge is 0.139 e. The fourth-order valence-electron chi connectivity index (χ4n) is 0.815. The van der Waals surface area contributed by atoms with Crippen molar-refractivity contribution < 1.29 is 9.63 Å². The van der Waals surface area contributed by atoms with Crippen molar-refractivity contribution in [2.24, 2.45) is 5.73 Å². The van der Waals surface area contributed by atoms with Crippen molar-refractivity contribution >= 4 is 6.29 Å². The lowest BCUT2D eigenvalue weighted by molar-refractivity contribution is -0.112. The van der Waals surface area contributed by atoms with Crippen LogP contribution in [-0.4, -0.2) is 26.0 Å². The number of nitrogens with one attached hydrogen (secondary N) is 1. The fourth-order valence-corrected chi connectivity index (χ4v) is 0.815. The van der Waals surface area contributed by atoms with E-state index in [2.05, 4.69) is 10.3 Å². The number of hydroxylamine groups is 1. The number of hydrogen-bond acceptors (Lipinski definition) is 4. The SMILES string of the molecule is CONC(C=O)CCCCN. The Hall–Kier alpha value is -0.450. The zero-order chi connectivity index (χ0) is 8.53. The van der Waals surface area contributed by atoms with Gasteiger partial charge in [0, 0.05) is 0 Å². The molecule has 0 heterocycles. The third-order valence-corrected chi connectivity index (χ3v) is 1.40. The molecule has 0 rings (SSSR count). The van der Waals surface area contributed by atoms with Crippen LogP contribution in [-0.2, 0) is 9.63 Å². The monoisotopic (exact) mass is 160 g/mol. The average molecular weight is 160 g/mol. The molecule has 0 spiro atoms. The van der Waals surface area contributed by atoms with Gasteiger partial charge in [-0.2, -0.15) is 5.48 Å². The van der Waals surface area contributed by atoms with E-state index in [4.69, 9.17) is 5.73 Å². The normalized spacial score (nSPS) is 12.9.